The average Bonchev–Trinajstić information content (AvgIpc) is 3.28. The maximum absolute atomic E-state index is 5.87. The third-order valence-corrected chi connectivity index (χ3v) is 5.36. The molecule has 1 aromatic heterocycles. The first-order valence-electron chi connectivity index (χ1n) is 7.92. The van der Waals surface area contributed by atoms with E-state index >= 15 is 0 Å². The third kappa shape index (κ3) is 2.51. The van der Waals surface area contributed by atoms with E-state index < -0.39 is 0 Å². The lowest BCUT2D eigenvalue weighted by Gasteiger charge is -2.08. The lowest BCUT2D eigenvalue weighted by molar-refractivity contribution is 0.297. The number of rotatable bonds is 4. The lowest BCUT2D eigenvalue weighted by Crippen LogP contribution is -2.11. The molecule has 1 fully saturated rings. The van der Waals surface area contributed by atoms with Crippen LogP contribution in [-0.2, 0) is 6.54 Å². The summed E-state index contributed by atoms with van der Waals surface area (Å²) in [5.41, 5.74) is 1.56. The van der Waals surface area contributed by atoms with Crippen molar-refractivity contribution in [3.05, 3.63) is 22.6 Å². The molecule has 3 nitrogen and oxygen atoms in total. The molecule has 2 heterocycles. The highest BCUT2D eigenvalue weighted by atomic mass is 32.1. The summed E-state index contributed by atoms with van der Waals surface area (Å²) in [6.07, 6.45) is 3.63. The van der Waals surface area contributed by atoms with Crippen molar-refractivity contribution in [1.29, 1.82) is 0 Å². The Hall–Kier alpha value is -1.26. The van der Waals surface area contributed by atoms with E-state index in [1.54, 1.807) is 5.56 Å². The predicted octanol–water partition coefficient (Wildman–Crippen LogP) is 4.05. The Labute approximate surface area is 129 Å². The predicted molar refractivity (Wildman–Crippen MR) is 86.8 cm³/mol. The van der Waals surface area contributed by atoms with Crippen LogP contribution in [0.4, 0.5) is 0 Å². The third-order valence-electron chi connectivity index (χ3n) is 4.19. The molecule has 4 rings (SSSR count). The van der Waals surface area contributed by atoms with Gasteiger partial charge in [-0.05, 0) is 36.9 Å². The summed E-state index contributed by atoms with van der Waals surface area (Å²) in [6, 6.07) is 4.40. The first-order chi connectivity index (χ1) is 10.4. The highest BCUT2D eigenvalue weighted by molar-refractivity contribution is 7.19. The van der Waals surface area contributed by atoms with E-state index in [9.17, 15) is 0 Å². The Balaban J connectivity index is 1.82. The van der Waals surface area contributed by atoms with Gasteiger partial charge in [-0.3, -0.25) is 0 Å². The van der Waals surface area contributed by atoms with E-state index in [-0.39, 0.29) is 0 Å². The minimum Gasteiger partial charge on any atom is -0.490 e. The van der Waals surface area contributed by atoms with Crippen LogP contribution in [-0.4, -0.2) is 19.8 Å². The van der Waals surface area contributed by atoms with E-state index in [0.29, 0.717) is 0 Å². The van der Waals surface area contributed by atoms with Gasteiger partial charge in [0.25, 0.3) is 0 Å². The van der Waals surface area contributed by atoms with Gasteiger partial charge in [0.15, 0.2) is 11.5 Å². The van der Waals surface area contributed by atoms with Crippen molar-refractivity contribution in [3.63, 3.8) is 0 Å². The Morgan fingerprint density at radius 1 is 1.19 bits per heavy atom. The molecule has 0 saturated heterocycles. The molecule has 1 aliphatic carbocycles. The second-order valence-corrected chi connectivity index (χ2v) is 6.98. The molecule has 2 aromatic rings. The molecule has 0 radical (unpaired) electrons. The maximum atomic E-state index is 5.87. The van der Waals surface area contributed by atoms with Crippen LogP contribution < -0.4 is 14.8 Å². The Bertz CT molecular complexity index is 660. The molecule has 0 bridgehead atoms. The molecule has 2 aliphatic rings. The molecule has 0 atom stereocenters. The van der Waals surface area contributed by atoms with Crippen molar-refractivity contribution in [2.24, 2.45) is 0 Å². The van der Waals surface area contributed by atoms with Crippen LogP contribution in [0.3, 0.4) is 0 Å². The van der Waals surface area contributed by atoms with Crippen LogP contribution in [0.15, 0.2) is 12.1 Å². The number of fused-ring (bicyclic) bond motifs is 2. The van der Waals surface area contributed by atoms with E-state index in [2.05, 4.69) is 24.4 Å². The average molecular weight is 303 g/mol. The summed E-state index contributed by atoms with van der Waals surface area (Å²) in [5, 5.41) is 4.86. The normalized spacial score (nSPS) is 18.0. The molecular weight excluding hydrogens is 282 g/mol. The topological polar surface area (TPSA) is 30.5 Å². The van der Waals surface area contributed by atoms with Crippen molar-refractivity contribution < 1.29 is 9.47 Å². The quantitative estimate of drug-likeness (QED) is 0.924. The molecule has 1 N–H and O–H groups in total. The van der Waals surface area contributed by atoms with Gasteiger partial charge in [0.1, 0.15) is 0 Å². The van der Waals surface area contributed by atoms with E-state index in [1.165, 1.54) is 27.8 Å². The molecule has 1 aromatic carbocycles. The van der Waals surface area contributed by atoms with Gasteiger partial charge in [-0.2, -0.15) is 0 Å². The van der Waals surface area contributed by atoms with Gasteiger partial charge in [0, 0.05) is 34.0 Å². The number of benzene rings is 1. The number of hydrogen-bond donors (Lipinski definition) is 1. The molecule has 21 heavy (non-hydrogen) atoms. The number of hydrogen-bond acceptors (Lipinski definition) is 4. The lowest BCUT2D eigenvalue weighted by atomic mass is 10.1. The van der Waals surface area contributed by atoms with Crippen molar-refractivity contribution in [1.82, 2.24) is 5.32 Å². The Kier molecular flexibility index (Phi) is 3.51. The first kappa shape index (κ1) is 13.4. The van der Waals surface area contributed by atoms with E-state index in [0.717, 1.165) is 50.1 Å². The number of thiophene rings is 1. The van der Waals surface area contributed by atoms with Gasteiger partial charge in [-0.25, -0.2) is 0 Å². The zero-order chi connectivity index (χ0) is 14.2. The second-order valence-electron chi connectivity index (χ2n) is 5.84. The first-order valence-corrected chi connectivity index (χ1v) is 8.74. The van der Waals surface area contributed by atoms with Crippen LogP contribution in [0, 0.1) is 0 Å². The van der Waals surface area contributed by atoms with Crippen LogP contribution >= 0.6 is 11.3 Å². The number of nitrogens with one attached hydrogen (secondary N) is 1. The highest BCUT2D eigenvalue weighted by Crippen LogP contribution is 2.50. The molecule has 1 aliphatic heterocycles. The molecule has 112 valence electrons. The fourth-order valence-corrected chi connectivity index (χ4v) is 4.28. The van der Waals surface area contributed by atoms with Gasteiger partial charge in [-0.15, -0.1) is 11.3 Å². The van der Waals surface area contributed by atoms with Crippen molar-refractivity contribution in [2.45, 2.75) is 38.6 Å². The minimum absolute atomic E-state index is 0.754. The maximum Gasteiger partial charge on any atom is 0.162 e. The fourth-order valence-electron chi connectivity index (χ4n) is 3.01. The Morgan fingerprint density at radius 2 is 1.95 bits per heavy atom. The van der Waals surface area contributed by atoms with Gasteiger partial charge in [0.2, 0.25) is 0 Å². The van der Waals surface area contributed by atoms with Crippen molar-refractivity contribution in [2.75, 3.05) is 19.8 Å². The van der Waals surface area contributed by atoms with Gasteiger partial charge in [0.05, 0.1) is 13.2 Å². The second kappa shape index (κ2) is 5.50. The summed E-state index contributed by atoms with van der Waals surface area (Å²) in [6.45, 7) is 5.67. The smallest absolute Gasteiger partial charge is 0.162 e. The van der Waals surface area contributed by atoms with Crippen LogP contribution in [0.5, 0.6) is 11.5 Å². The molecule has 1 saturated carbocycles. The van der Waals surface area contributed by atoms with E-state index in [1.807, 2.05) is 11.3 Å². The number of ether oxygens (including phenoxy) is 2. The van der Waals surface area contributed by atoms with Gasteiger partial charge < -0.3 is 14.8 Å². The summed E-state index contributed by atoms with van der Waals surface area (Å²) >= 11 is 1.91. The van der Waals surface area contributed by atoms with Crippen molar-refractivity contribution in [3.8, 4) is 11.5 Å². The molecule has 0 spiro atoms. The monoisotopic (exact) mass is 303 g/mol. The van der Waals surface area contributed by atoms with Crippen LogP contribution in [0.1, 0.15) is 42.5 Å². The zero-order valence-corrected chi connectivity index (χ0v) is 13.2. The fraction of sp³-hybridized carbons (Fsp3) is 0.529. The summed E-state index contributed by atoms with van der Waals surface area (Å²) in [5.74, 6) is 2.60. The van der Waals surface area contributed by atoms with E-state index in [4.69, 9.17) is 9.47 Å². The SMILES string of the molecule is CCNCc1sc2cc3c(cc2c1C1CC1)OCCCO3. The summed E-state index contributed by atoms with van der Waals surface area (Å²) in [7, 11) is 0. The van der Waals surface area contributed by atoms with Crippen molar-refractivity contribution >= 4 is 21.4 Å². The largest absolute Gasteiger partial charge is 0.490 e. The zero-order valence-electron chi connectivity index (χ0n) is 12.4. The van der Waals surface area contributed by atoms with Gasteiger partial charge >= 0.3 is 0 Å². The standard InChI is InChI=1S/C17H21NO2S/c1-2-18-10-16-17(11-4-5-11)12-8-13-14(9-15(12)21-16)20-7-3-6-19-13/h8-9,11,18H,2-7,10H2,1H3. The molecular formula is C17H21NO2S. The van der Waals surface area contributed by atoms with Gasteiger partial charge in [-0.1, -0.05) is 6.92 Å². The molecule has 0 unspecified atom stereocenters. The van der Waals surface area contributed by atoms with Crippen LogP contribution in [0.2, 0.25) is 0 Å². The van der Waals surface area contributed by atoms with Crippen LogP contribution in [0.25, 0.3) is 10.1 Å². The summed E-state index contributed by atoms with van der Waals surface area (Å²) < 4.78 is 13.0. The minimum atomic E-state index is 0.754. The highest BCUT2D eigenvalue weighted by Gasteiger charge is 2.30. The molecule has 0 amide bonds. The summed E-state index contributed by atoms with van der Waals surface area (Å²) in [4.78, 5) is 1.49. The molecule has 4 heteroatoms. The Morgan fingerprint density at radius 3 is 2.67 bits per heavy atom.